The quantitative estimate of drug-likeness (QED) is 0.562. The number of rotatable bonds is 8. The van der Waals surface area contributed by atoms with E-state index in [1.165, 1.54) is 0 Å². The lowest BCUT2D eigenvalue weighted by atomic mass is 10.2. The molecule has 6 nitrogen and oxygen atoms in total. The van der Waals surface area contributed by atoms with Gasteiger partial charge in [0, 0.05) is 22.1 Å². The van der Waals surface area contributed by atoms with Crippen LogP contribution in [0.4, 0.5) is 17.1 Å². The minimum atomic E-state index is -0.238. The predicted octanol–water partition coefficient (Wildman–Crippen LogP) is 4.43. The van der Waals surface area contributed by atoms with Gasteiger partial charge >= 0.3 is 0 Å². The molecule has 0 fully saturated rings. The van der Waals surface area contributed by atoms with Crippen LogP contribution in [0.25, 0.3) is 0 Å². The first-order chi connectivity index (χ1) is 14.5. The molecule has 3 aromatic rings. The van der Waals surface area contributed by atoms with Crippen LogP contribution < -0.4 is 20.3 Å². The van der Waals surface area contributed by atoms with Gasteiger partial charge in [-0.1, -0.05) is 29.8 Å². The van der Waals surface area contributed by atoms with E-state index in [0.717, 1.165) is 5.69 Å². The van der Waals surface area contributed by atoms with Crippen LogP contribution in [-0.2, 0) is 9.59 Å². The van der Waals surface area contributed by atoms with Gasteiger partial charge in [0.1, 0.15) is 5.75 Å². The Bertz CT molecular complexity index is 977. The highest BCUT2D eigenvalue weighted by atomic mass is 35.5. The topological polar surface area (TPSA) is 70.7 Å². The third kappa shape index (κ3) is 6.25. The number of para-hydroxylation sites is 1. The smallest absolute Gasteiger partial charge is 0.243 e. The average Bonchev–Trinajstić information content (AvgIpc) is 2.76. The largest absolute Gasteiger partial charge is 0.497 e. The second kappa shape index (κ2) is 10.3. The Kier molecular flexibility index (Phi) is 7.29. The van der Waals surface area contributed by atoms with E-state index in [0.29, 0.717) is 22.1 Å². The summed E-state index contributed by atoms with van der Waals surface area (Å²) in [7, 11) is 1.58. The van der Waals surface area contributed by atoms with Crippen molar-refractivity contribution >= 4 is 40.5 Å². The van der Waals surface area contributed by atoms with Crippen LogP contribution in [0, 0.1) is 0 Å². The van der Waals surface area contributed by atoms with Gasteiger partial charge in [0.25, 0.3) is 0 Å². The Morgan fingerprint density at radius 2 is 1.30 bits per heavy atom. The molecule has 2 N–H and O–H groups in total. The maximum Gasteiger partial charge on any atom is 0.243 e. The number of halogens is 1. The van der Waals surface area contributed by atoms with Gasteiger partial charge in [-0.3, -0.25) is 9.59 Å². The van der Waals surface area contributed by atoms with Gasteiger partial charge in [-0.25, -0.2) is 0 Å². The Morgan fingerprint density at radius 3 is 1.80 bits per heavy atom. The molecule has 0 heterocycles. The number of carbonyl (C=O) groups is 2. The number of methoxy groups -OCH3 is 1. The Morgan fingerprint density at radius 1 is 0.800 bits per heavy atom. The molecule has 0 aliphatic heterocycles. The number of nitrogens with one attached hydrogen (secondary N) is 2. The lowest BCUT2D eigenvalue weighted by molar-refractivity contribution is -0.115. The summed E-state index contributed by atoms with van der Waals surface area (Å²) in [5.74, 6) is 0.236. The fraction of sp³-hybridized carbons (Fsp3) is 0.130. The van der Waals surface area contributed by atoms with Gasteiger partial charge in [-0.15, -0.1) is 0 Å². The van der Waals surface area contributed by atoms with Crippen molar-refractivity contribution in [1.82, 2.24) is 0 Å². The molecule has 0 spiro atoms. The van der Waals surface area contributed by atoms with E-state index >= 15 is 0 Å². The van der Waals surface area contributed by atoms with Crippen molar-refractivity contribution in [3.63, 3.8) is 0 Å². The SMILES string of the molecule is COc1ccc(NC(=O)CN(CC(=O)Nc2ccc(Cl)cc2)c2ccccc2)cc1. The van der Waals surface area contributed by atoms with Crippen LogP contribution in [0.5, 0.6) is 5.75 Å². The molecule has 0 saturated carbocycles. The summed E-state index contributed by atoms with van der Waals surface area (Å²) in [4.78, 5) is 26.9. The highest BCUT2D eigenvalue weighted by Crippen LogP contribution is 2.17. The van der Waals surface area contributed by atoms with Crippen LogP contribution in [0.2, 0.25) is 5.02 Å². The highest BCUT2D eigenvalue weighted by molar-refractivity contribution is 6.30. The molecular formula is C23H22ClN3O3. The molecule has 2 amide bonds. The Balaban J connectivity index is 1.66. The molecule has 0 saturated heterocycles. The zero-order chi connectivity index (χ0) is 21.3. The average molecular weight is 424 g/mol. The molecule has 7 heteroatoms. The van der Waals surface area contributed by atoms with E-state index in [2.05, 4.69) is 10.6 Å². The minimum Gasteiger partial charge on any atom is -0.497 e. The number of anilines is 3. The first-order valence-electron chi connectivity index (χ1n) is 9.33. The van der Waals surface area contributed by atoms with Crippen LogP contribution in [0.1, 0.15) is 0 Å². The fourth-order valence-corrected chi connectivity index (χ4v) is 2.96. The number of ether oxygens (including phenoxy) is 1. The molecule has 3 aromatic carbocycles. The monoisotopic (exact) mass is 423 g/mol. The van der Waals surface area contributed by atoms with Crippen molar-refractivity contribution in [2.45, 2.75) is 0 Å². The molecule has 0 aliphatic carbocycles. The first kappa shape index (κ1) is 21.2. The molecule has 30 heavy (non-hydrogen) atoms. The molecule has 3 rings (SSSR count). The lowest BCUT2D eigenvalue weighted by Crippen LogP contribution is -2.39. The van der Waals surface area contributed by atoms with Gasteiger partial charge in [0.15, 0.2) is 0 Å². The van der Waals surface area contributed by atoms with Crippen molar-refractivity contribution in [3.8, 4) is 5.75 Å². The number of benzene rings is 3. The summed E-state index contributed by atoms with van der Waals surface area (Å²) in [6.07, 6.45) is 0. The van der Waals surface area contributed by atoms with E-state index in [4.69, 9.17) is 16.3 Å². The molecule has 0 bridgehead atoms. The normalized spacial score (nSPS) is 10.2. The van der Waals surface area contributed by atoms with Crippen molar-refractivity contribution < 1.29 is 14.3 Å². The van der Waals surface area contributed by atoms with Crippen molar-refractivity contribution in [2.24, 2.45) is 0 Å². The predicted molar refractivity (Wildman–Crippen MR) is 120 cm³/mol. The van der Waals surface area contributed by atoms with Crippen LogP contribution in [0.15, 0.2) is 78.9 Å². The van der Waals surface area contributed by atoms with E-state index < -0.39 is 0 Å². The van der Waals surface area contributed by atoms with Crippen LogP contribution in [-0.4, -0.2) is 32.0 Å². The van der Waals surface area contributed by atoms with Gasteiger partial charge in [0.2, 0.25) is 11.8 Å². The van der Waals surface area contributed by atoms with Gasteiger partial charge in [-0.05, 0) is 60.7 Å². The van der Waals surface area contributed by atoms with E-state index in [1.807, 2.05) is 30.3 Å². The molecule has 154 valence electrons. The third-order valence-corrected chi connectivity index (χ3v) is 4.54. The summed E-state index contributed by atoms with van der Waals surface area (Å²) in [6.45, 7) is 0.0345. The molecule has 0 aliphatic rings. The Labute approximate surface area is 180 Å². The number of carbonyl (C=O) groups excluding carboxylic acids is 2. The van der Waals surface area contributed by atoms with Gasteiger partial charge in [-0.2, -0.15) is 0 Å². The standard InChI is InChI=1S/C23H22ClN3O3/c1-30-21-13-11-19(12-14-21)26-23(29)16-27(20-5-3-2-4-6-20)15-22(28)25-18-9-7-17(24)8-10-18/h2-14H,15-16H2,1H3,(H,25,28)(H,26,29). The summed E-state index contributed by atoms with van der Waals surface area (Å²) in [5, 5.41) is 6.25. The molecule has 0 radical (unpaired) electrons. The first-order valence-corrected chi connectivity index (χ1v) is 9.70. The van der Waals surface area contributed by atoms with Crippen LogP contribution >= 0.6 is 11.6 Å². The van der Waals surface area contributed by atoms with Crippen molar-refractivity contribution in [2.75, 3.05) is 35.7 Å². The number of amides is 2. The fourth-order valence-electron chi connectivity index (χ4n) is 2.83. The Hall–Kier alpha value is -3.51. The van der Waals surface area contributed by atoms with Crippen molar-refractivity contribution in [1.29, 1.82) is 0 Å². The van der Waals surface area contributed by atoms with Crippen LogP contribution in [0.3, 0.4) is 0 Å². The highest BCUT2D eigenvalue weighted by Gasteiger charge is 2.16. The zero-order valence-corrected chi connectivity index (χ0v) is 17.2. The lowest BCUT2D eigenvalue weighted by Gasteiger charge is -2.23. The summed E-state index contributed by atoms with van der Waals surface area (Å²) in [6, 6.07) is 23.2. The third-order valence-electron chi connectivity index (χ3n) is 4.29. The van der Waals surface area contributed by atoms with E-state index in [-0.39, 0.29) is 24.9 Å². The zero-order valence-electron chi connectivity index (χ0n) is 16.5. The molecule has 0 aromatic heterocycles. The maximum atomic E-state index is 12.6. The summed E-state index contributed by atoms with van der Waals surface area (Å²) in [5.41, 5.74) is 2.06. The second-order valence-electron chi connectivity index (χ2n) is 6.52. The van der Waals surface area contributed by atoms with Crippen molar-refractivity contribution in [3.05, 3.63) is 83.9 Å². The van der Waals surface area contributed by atoms with Gasteiger partial charge in [0.05, 0.1) is 20.2 Å². The van der Waals surface area contributed by atoms with E-state index in [9.17, 15) is 9.59 Å². The minimum absolute atomic E-state index is 0.0165. The molecule has 0 atom stereocenters. The summed E-state index contributed by atoms with van der Waals surface area (Å²) < 4.78 is 5.12. The van der Waals surface area contributed by atoms with E-state index in [1.54, 1.807) is 60.5 Å². The summed E-state index contributed by atoms with van der Waals surface area (Å²) >= 11 is 5.88. The molecule has 0 unspecified atom stereocenters. The molecular weight excluding hydrogens is 402 g/mol. The maximum absolute atomic E-state index is 12.6. The number of hydrogen-bond donors (Lipinski definition) is 2. The second-order valence-corrected chi connectivity index (χ2v) is 6.96. The number of nitrogens with zero attached hydrogens (tertiary/aromatic N) is 1. The van der Waals surface area contributed by atoms with Gasteiger partial charge < -0.3 is 20.3 Å². The number of hydrogen-bond acceptors (Lipinski definition) is 4.